The van der Waals surface area contributed by atoms with Crippen LogP contribution in [0.15, 0.2) is 60.8 Å². The lowest BCUT2D eigenvalue weighted by molar-refractivity contribution is 0.0233. The lowest BCUT2D eigenvalue weighted by Gasteiger charge is -2.33. The molecule has 0 bridgehead atoms. The smallest absolute Gasteiger partial charge is 0.341 e. The number of rotatable bonds is 11. The highest BCUT2D eigenvalue weighted by Crippen LogP contribution is 2.53. The molecule has 3 heterocycles. The number of pyridine rings is 1. The van der Waals surface area contributed by atoms with Crippen LogP contribution in [0, 0.1) is 6.92 Å². The number of benzene rings is 2. The molecule has 1 aliphatic rings. The summed E-state index contributed by atoms with van der Waals surface area (Å²) in [5.41, 5.74) is 4.84. The van der Waals surface area contributed by atoms with Gasteiger partial charge in [-0.15, -0.1) is 0 Å². The fourth-order valence-corrected chi connectivity index (χ4v) is 6.31. The molecule has 6 heteroatoms. The number of hydrogen-bond acceptors (Lipinski definition) is 5. The summed E-state index contributed by atoms with van der Waals surface area (Å²) >= 11 is 0. The van der Waals surface area contributed by atoms with E-state index in [2.05, 4.69) is 87.4 Å². The van der Waals surface area contributed by atoms with E-state index in [0.717, 1.165) is 78.1 Å². The lowest BCUT2D eigenvalue weighted by Crippen LogP contribution is -2.33. The van der Waals surface area contributed by atoms with Gasteiger partial charge in [0, 0.05) is 65.3 Å². The molecule has 5 rings (SSSR count). The molecule has 2 aromatic heterocycles. The van der Waals surface area contributed by atoms with Crippen LogP contribution in [-0.2, 0) is 16.9 Å². The van der Waals surface area contributed by atoms with E-state index in [9.17, 15) is 4.79 Å². The summed E-state index contributed by atoms with van der Waals surface area (Å²) in [4.78, 5) is 20.7. The minimum Gasteiger partial charge on any atom is -0.490 e. The van der Waals surface area contributed by atoms with Crippen molar-refractivity contribution in [3.63, 3.8) is 0 Å². The third-order valence-corrected chi connectivity index (χ3v) is 8.27. The number of ether oxygens (including phenoxy) is 2. The normalized spacial score (nSPS) is 17.1. The summed E-state index contributed by atoms with van der Waals surface area (Å²) in [7, 11) is 0. The molecule has 210 valence electrons. The zero-order valence-electron chi connectivity index (χ0n) is 24.7. The fourth-order valence-electron chi connectivity index (χ4n) is 6.31. The summed E-state index contributed by atoms with van der Waals surface area (Å²) in [6.07, 6.45) is 4.88. The molecule has 40 heavy (non-hydrogen) atoms. The number of cyclic esters (lactones) is 1. The number of nitrogens with zero attached hydrogens (tertiary/aromatic N) is 3. The molecule has 2 atom stereocenters. The van der Waals surface area contributed by atoms with Crippen LogP contribution in [0.4, 0.5) is 5.69 Å². The van der Waals surface area contributed by atoms with Crippen molar-refractivity contribution >= 4 is 22.6 Å². The summed E-state index contributed by atoms with van der Waals surface area (Å²) in [6, 6.07) is 18.3. The highest BCUT2D eigenvalue weighted by Gasteiger charge is 2.54. The van der Waals surface area contributed by atoms with Gasteiger partial charge in [0.05, 0.1) is 11.7 Å². The molecule has 0 aliphatic carbocycles. The van der Waals surface area contributed by atoms with Gasteiger partial charge in [0.1, 0.15) is 11.4 Å². The molecular formula is C34H41N3O3. The van der Waals surface area contributed by atoms with E-state index >= 15 is 0 Å². The molecule has 2 aromatic carbocycles. The molecule has 6 nitrogen and oxygen atoms in total. The van der Waals surface area contributed by atoms with Gasteiger partial charge >= 0.3 is 5.97 Å². The number of fused-ring (bicyclic) bond motifs is 2. The van der Waals surface area contributed by atoms with Crippen molar-refractivity contribution in [3.05, 3.63) is 88.9 Å². The topological polar surface area (TPSA) is 56.6 Å². The Morgan fingerprint density at radius 3 is 2.55 bits per heavy atom. The highest BCUT2D eigenvalue weighted by atomic mass is 16.6. The van der Waals surface area contributed by atoms with E-state index in [1.54, 1.807) is 12.3 Å². The monoisotopic (exact) mass is 539 g/mol. The van der Waals surface area contributed by atoms with E-state index in [1.165, 1.54) is 0 Å². The predicted octanol–water partition coefficient (Wildman–Crippen LogP) is 7.63. The van der Waals surface area contributed by atoms with Crippen molar-refractivity contribution in [2.75, 3.05) is 18.0 Å². The van der Waals surface area contributed by atoms with Crippen molar-refractivity contribution < 1.29 is 14.3 Å². The number of anilines is 1. The average Bonchev–Trinajstić information content (AvgIpc) is 3.43. The number of aryl methyl sites for hydroxylation is 1. The maximum absolute atomic E-state index is 13.6. The van der Waals surface area contributed by atoms with Crippen LogP contribution in [0.25, 0.3) is 10.9 Å². The highest BCUT2D eigenvalue weighted by molar-refractivity contribution is 5.98. The van der Waals surface area contributed by atoms with Gasteiger partial charge in [-0.25, -0.2) is 4.79 Å². The van der Waals surface area contributed by atoms with Gasteiger partial charge < -0.3 is 18.9 Å². The Bertz CT molecular complexity index is 1520. The summed E-state index contributed by atoms with van der Waals surface area (Å²) in [5.74, 6) is 0.362. The first kappa shape index (κ1) is 27.8. The Kier molecular flexibility index (Phi) is 7.88. The van der Waals surface area contributed by atoms with Crippen LogP contribution in [-0.4, -0.2) is 34.7 Å². The Morgan fingerprint density at radius 1 is 1.05 bits per heavy atom. The van der Waals surface area contributed by atoms with Crippen LogP contribution >= 0.6 is 0 Å². The molecule has 0 fully saturated rings. The number of carbonyl (C=O) groups excluding carboxylic acids is 1. The van der Waals surface area contributed by atoms with E-state index in [-0.39, 0.29) is 12.1 Å². The zero-order chi connectivity index (χ0) is 28.4. The van der Waals surface area contributed by atoms with Crippen LogP contribution < -0.4 is 9.64 Å². The third kappa shape index (κ3) is 4.43. The Hall–Kier alpha value is -3.80. The lowest BCUT2D eigenvalue weighted by atomic mass is 9.80. The first-order valence-electron chi connectivity index (χ1n) is 14.7. The molecule has 0 amide bonds. The SMILES string of the molecule is CCCCC(C)Oc1cc(N(CC)CC)ccc1C1(c2c(C)n(CC)c3ccccc23)OC(=O)c2cccnc21. The summed E-state index contributed by atoms with van der Waals surface area (Å²) in [6.45, 7) is 15.5. The molecule has 0 saturated carbocycles. The molecule has 1 aliphatic heterocycles. The third-order valence-electron chi connectivity index (χ3n) is 8.27. The van der Waals surface area contributed by atoms with E-state index in [4.69, 9.17) is 14.5 Å². The number of aromatic nitrogens is 2. The maximum atomic E-state index is 13.6. The Labute approximate surface area is 237 Å². The van der Waals surface area contributed by atoms with Crippen molar-refractivity contribution in [2.45, 2.75) is 79.1 Å². The summed E-state index contributed by atoms with van der Waals surface area (Å²) < 4.78 is 15.6. The zero-order valence-corrected chi connectivity index (χ0v) is 24.7. The second-order valence-corrected chi connectivity index (χ2v) is 10.6. The molecule has 0 radical (unpaired) electrons. The van der Waals surface area contributed by atoms with Gasteiger partial charge in [-0.1, -0.05) is 38.0 Å². The van der Waals surface area contributed by atoms with E-state index < -0.39 is 5.60 Å². The van der Waals surface area contributed by atoms with Gasteiger partial charge in [0.25, 0.3) is 0 Å². The minimum atomic E-state index is -1.25. The largest absolute Gasteiger partial charge is 0.490 e. The quantitative estimate of drug-likeness (QED) is 0.183. The number of hydrogen-bond donors (Lipinski definition) is 0. The molecule has 0 saturated heterocycles. The minimum absolute atomic E-state index is 0.00101. The van der Waals surface area contributed by atoms with Gasteiger partial charge in [-0.3, -0.25) is 4.98 Å². The van der Waals surface area contributed by atoms with Crippen LogP contribution in [0.2, 0.25) is 0 Å². The molecule has 0 N–H and O–H groups in total. The van der Waals surface area contributed by atoms with Crippen molar-refractivity contribution in [3.8, 4) is 5.75 Å². The number of carbonyl (C=O) groups is 1. The van der Waals surface area contributed by atoms with Crippen LogP contribution in [0.5, 0.6) is 5.75 Å². The van der Waals surface area contributed by atoms with Crippen molar-refractivity contribution in [2.24, 2.45) is 0 Å². The van der Waals surface area contributed by atoms with Crippen molar-refractivity contribution in [1.29, 1.82) is 0 Å². The first-order valence-corrected chi connectivity index (χ1v) is 14.7. The van der Waals surface area contributed by atoms with Gasteiger partial charge in [0.2, 0.25) is 5.60 Å². The van der Waals surface area contributed by atoms with Gasteiger partial charge in [0.15, 0.2) is 0 Å². The Morgan fingerprint density at radius 2 is 1.82 bits per heavy atom. The molecular weight excluding hydrogens is 498 g/mol. The van der Waals surface area contributed by atoms with E-state index in [1.807, 2.05) is 12.1 Å². The Balaban J connectivity index is 1.85. The standard InChI is InChI=1S/C34H41N3O3/c1-7-11-15-23(5)39-30-22-25(36(8-2)9-3)19-20-28(30)34(32-27(33(38)40-34)17-14-21-35-32)31-24(6)37(10-4)29-18-13-12-16-26(29)31/h12-14,16-23H,7-11,15H2,1-6H3. The van der Waals surface area contributed by atoms with Crippen LogP contribution in [0.3, 0.4) is 0 Å². The van der Waals surface area contributed by atoms with E-state index in [0.29, 0.717) is 11.3 Å². The second-order valence-electron chi connectivity index (χ2n) is 10.6. The first-order chi connectivity index (χ1) is 19.4. The maximum Gasteiger partial charge on any atom is 0.341 e. The predicted molar refractivity (Wildman–Crippen MR) is 162 cm³/mol. The van der Waals surface area contributed by atoms with Gasteiger partial charge in [-0.2, -0.15) is 0 Å². The fraction of sp³-hybridized carbons (Fsp3) is 0.412. The molecule has 2 unspecified atom stereocenters. The second kappa shape index (κ2) is 11.4. The van der Waals surface area contributed by atoms with Gasteiger partial charge in [-0.05, 0) is 71.4 Å². The number of esters is 1. The number of para-hydroxylation sites is 1. The number of unbranched alkanes of at least 4 members (excludes halogenated alkanes) is 1. The molecule has 0 spiro atoms. The molecule has 4 aromatic rings. The average molecular weight is 540 g/mol. The van der Waals surface area contributed by atoms with Crippen LogP contribution in [0.1, 0.15) is 86.8 Å². The van der Waals surface area contributed by atoms with Crippen molar-refractivity contribution in [1.82, 2.24) is 9.55 Å². The summed E-state index contributed by atoms with van der Waals surface area (Å²) in [5, 5.41) is 1.05.